The third kappa shape index (κ3) is 2.74. The zero-order chi connectivity index (χ0) is 10.5. The van der Waals surface area contributed by atoms with Crippen molar-refractivity contribution in [2.45, 2.75) is 18.9 Å². The van der Waals surface area contributed by atoms with E-state index in [2.05, 4.69) is 10.1 Å². The zero-order valence-corrected chi connectivity index (χ0v) is 8.52. The first-order chi connectivity index (χ1) is 7.40. The molecule has 1 fully saturated rings. The number of nitrogens with zero attached hydrogens (tertiary/aromatic N) is 2. The van der Waals surface area contributed by atoms with E-state index in [1.54, 1.807) is 0 Å². The van der Waals surface area contributed by atoms with Crippen LogP contribution in [0, 0.1) is 0 Å². The number of ether oxygens (including phenoxy) is 2. The second kappa shape index (κ2) is 5.20. The highest BCUT2D eigenvalue weighted by Crippen LogP contribution is 2.18. The molecule has 1 aromatic rings. The molecule has 0 saturated carbocycles. The number of aryl methyl sites for hydroxylation is 1. The van der Waals surface area contributed by atoms with Crippen molar-refractivity contribution in [3.63, 3.8) is 0 Å². The summed E-state index contributed by atoms with van der Waals surface area (Å²) < 4.78 is 15.8. The fourth-order valence-electron chi connectivity index (χ4n) is 1.39. The quantitative estimate of drug-likeness (QED) is 0.760. The molecule has 1 atom stereocenters. The van der Waals surface area contributed by atoms with E-state index >= 15 is 0 Å². The minimum atomic E-state index is -0.210. The first kappa shape index (κ1) is 10.5. The van der Waals surface area contributed by atoms with Crippen molar-refractivity contribution in [3.05, 3.63) is 11.7 Å². The molecule has 0 spiro atoms. The van der Waals surface area contributed by atoms with Crippen LogP contribution in [-0.4, -0.2) is 36.5 Å². The van der Waals surface area contributed by atoms with Gasteiger partial charge in [-0.3, -0.25) is 0 Å². The van der Waals surface area contributed by atoms with Crippen LogP contribution in [0.1, 0.15) is 24.2 Å². The zero-order valence-electron chi connectivity index (χ0n) is 8.52. The van der Waals surface area contributed by atoms with E-state index in [0.717, 1.165) is 12.8 Å². The van der Waals surface area contributed by atoms with E-state index in [9.17, 15) is 0 Å². The third-order valence-electron chi connectivity index (χ3n) is 2.18. The van der Waals surface area contributed by atoms with Crippen molar-refractivity contribution >= 4 is 0 Å². The predicted molar refractivity (Wildman–Crippen MR) is 51.2 cm³/mol. The molecule has 84 valence electrons. The van der Waals surface area contributed by atoms with Gasteiger partial charge in [0.1, 0.15) is 0 Å². The highest BCUT2D eigenvalue weighted by molar-refractivity contribution is 4.91. The number of hydrogen-bond donors (Lipinski definition) is 1. The van der Waals surface area contributed by atoms with Crippen LogP contribution in [0.5, 0.6) is 0 Å². The Bertz CT molecular complexity index is 297. The SMILES string of the molecule is NCCCc1noc(C2COCCO2)n1. The average molecular weight is 213 g/mol. The molecule has 2 N–H and O–H groups in total. The highest BCUT2D eigenvalue weighted by Gasteiger charge is 2.22. The first-order valence-electron chi connectivity index (χ1n) is 5.12. The van der Waals surface area contributed by atoms with E-state index in [0.29, 0.717) is 38.1 Å². The van der Waals surface area contributed by atoms with E-state index in [-0.39, 0.29) is 6.10 Å². The molecular weight excluding hydrogens is 198 g/mol. The van der Waals surface area contributed by atoms with Crippen molar-refractivity contribution < 1.29 is 14.0 Å². The van der Waals surface area contributed by atoms with Crippen molar-refractivity contribution in [2.24, 2.45) is 5.73 Å². The Labute approximate surface area is 87.7 Å². The molecule has 0 radical (unpaired) electrons. The molecule has 1 aliphatic rings. The molecule has 0 bridgehead atoms. The van der Waals surface area contributed by atoms with Crippen LogP contribution in [0.4, 0.5) is 0 Å². The van der Waals surface area contributed by atoms with Crippen LogP contribution in [0.3, 0.4) is 0 Å². The second-order valence-corrected chi connectivity index (χ2v) is 3.38. The van der Waals surface area contributed by atoms with Gasteiger partial charge >= 0.3 is 0 Å². The molecule has 6 heteroatoms. The molecule has 2 rings (SSSR count). The third-order valence-corrected chi connectivity index (χ3v) is 2.18. The van der Waals surface area contributed by atoms with Gasteiger partial charge in [-0.1, -0.05) is 5.16 Å². The fourth-order valence-corrected chi connectivity index (χ4v) is 1.39. The molecule has 1 aliphatic heterocycles. The number of hydrogen-bond acceptors (Lipinski definition) is 6. The van der Waals surface area contributed by atoms with Crippen molar-refractivity contribution in [3.8, 4) is 0 Å². The van der Waals surface area contributed by atoms with Crippen LogP contribution in [0.2, 0.25) is 0 Å². The van der Waals surface area contributed by atoms with Crippen molar-refractivity contribution in [1.29, 1.82) is 0 Å². The largest absolute Gasteiger partial charge is 0.376 e. The number of nitrogens with two attached hydrogens (primary N) is 1. The minimum absolute atomic E-state index is 0.210. The van der Waals surface area contributed by atoms with Gasteiger partial charge in [-0.2, -0.15) is 4.98 Å². The van der Waals surface area contributed by atoms with Crippen molar-refractivity contribution in [1.82, 2.24) is 10.1 Å². The van der Waals surface area contributed by atoms with Gasteiger partial charge in [-0.25, -0.2) is 0 Å². The fraction of sp³-hybridized carbons (Fsp3) is 0.778. The molecule has 0 amide bonds. The van der Waals surface area contributed by atoms with Gasteiger partial charge in [0, 0.05) is 6.42 Å². The summed E-state index contributed by atoms with van der Waals surface area (Å²) in [6.45, 7) is 2.32. The van der Waals surface area contributed by atoms with Crippen LogP contribution < -0.4 is 5.73 Å². The lowest BCUT2D eigenvalue weighted by molar-refractivity contribution is -0.101. The topological polar surface area (TPSA) is 83.4 Å². The van der Waals surface area contributed by atoms with Gasteiger partial charge in [0.25, 0.3) is 5.89 Å². The van der Waals surface area contributed by atoms with Gasteiger partial charge in [0.2, 0.25) is 0 Å². The lowest BCUT2D eigenvalue weighted by Crippen LogP contribution is -2.22. The summed E-state index contributed by atoms with van der Waals surface area (Å²) in [5.74, 6) is 1.19. The lowest BCUT2D eigenvalue weighted by Gasteiger charge is -2.19. The summed E-state index contributed by atoms with van der Waals surface area (Å²) >= 11 is 0. The Kier molecular flexibility index (Phi) is 3.65. The smallest absolute Gasteiger partial charge is 0.258 e. The van der Waals surface area contributed by atoms with Crippen LogP contribution >= 0.6 is 0 Å². The molecular formula is C9H15N3O3. The number of aromatic nitrogens is 2. The van der Waals surface area contributed by atoms with Crippen LogP contribution in [0.15, 0.2) is 4.52 Å². The first-order valence-corrected chi connectivity index (χ1v) is 5.12. The van der Waals surface area contributed by atoms with Gasteiger partial charge in [-0.15, -0.1) is 0 Å². The van der Waals surface area contributed by atoms with Crippen molar-refractivity contribution in [2.75, 3.05) is 26.4 Å². The molecule has 1 unspecified atom stereocenters. The summed E-state index contributed by atoms with van der Waals surface area (Å²) in [4.78, 5) is 4.23. The normalized spacial score (nSPS) is 21.8. The molecule has 1 aromatic heterocycles. The maximum absolute atomic E-state index is 5.44. The van der Waals surface area contributed by atoms with Crippen LogP contribution in [0.25, 0.3) is 0 Å². The molecule has 1 saturated heterocycles. The van der Waals surface area contributed by atoms with E-state index < -0.39 is 0 Å². The van der Waals surface area contributed by atoms with Gasteiger partial charge < -0.3 is 19.7 Å². The maximum atomic E-state index is 5.44. The Morgan fingerprint density at radius 3 is 3.07 bits per heavy atom. The standard InChI is InChI=1S/C9H15N3O3/c10-3-1-2-8-11-9(15-12-8)7-6-13-4-5-14-7/h7H,1-6,10H2. The lowest BCUT2D eigenvalue weighted by atomic mass is 10.3. The van der Waals surface area contributed by atoms with Gasteiger partial charge in [-0.05, 0) is 13.0 Å². The summed E-state index contributed by atoms with van der Waals surface area (Å²) in [6, 6.07) is 0. The van der Waals surface area contributed by atoms with E-state index in [1.807, 2.05) is 0 Å². The Morgan fingerprint density at radius 2 is 2.33 bits per heavy atom. The monoisotopic (exact) mass is 213 g/mol. The number of rotatable bonds is 4. The molecule has 15 heavy (non-hydrogen) atoms. The summed E-state index contributed by atoms with van der Waals surface area (Å²) in [7, 11) is 0. The summed E-state index contributed by atoms with van der Waals surface area (Å²) in [5, 5.41) is 3.85. The predicted octanol–water partition coefficient (Wildman–Crippen LogP) is 0.0488. The molecule has 2 heterocycles. The Morgan fingerprint density at radius 1 is 1.40 bits per heavy atom. The van der Waals surface area contributed by atoms with E-state index in [4.69, 9.17) is 19.7 Å². The summed E-state index contributed by atoms with van der Waals surface area (Å²) in [6.07, 6.45) is 1.40. The Hall–Kier alpha value is -0.980. The summed E-state index contributed by atoms with van der Waals surface area (Å²) in [5.41, 5.74) is 5.40. The maximum Gasteiger partial charge on any atom is 0.258 e. The van der Waals surface area contributed by atoms with Gasteiger partial charge in [0.05, 0.1) is 19.8 Å². The molecule has 6 nitrogen and oxygen atoms in total. The second-order valence-electron chi connectivity index (χ2n) is 3.38. The Balaban J connectivity index is 1.93. The van der Waals surface area contributed by atoms with E-state index in [1.165, 1.54) is 0 Å². The molecule has 0 aliphatic carbocycles. The highest BCUT2D eigenvalue weighted by atomic mass is 16.6. The minimum Gasteiger partial charge on any atom is -0.376 e. The van der Waals surface area contributed by atoms with Gasteiger partial charge in [0.15, 0.2) is 11.9 Å². The van der Waals surface area contributed by atoms with Crippen LogP contribution in [-0.2, 0) is 15.9 Å². The average Bonchev–Trinajstić information content (AvgIpc) is 2.76. The molecule has 0 aromatic carbocycles.